The van der Waals surface area contributed by atoms with Crippen molar-refractivity contribution in [1.82, 2.24) is 9.47 Å². The molecule has 0 aliphatic carbocycles. The summed E-state index contributed by atoms with van der Waals surface area (Å²) in [5.74, 6) is 0.626. The molecule has 1 unspecified atom stereocenters. The number of halogens is 1. The van der Waals surface area contributed by atoms with Gasteiger partial charge in [-0.25, -0.2) is 0 Å². The third-order valence-corrected chi connectivity index (χ3v) is 6.60. The van der Waals surface area contributed by atoms with E-state index in [1.165, 1.54) is 22.0 Å². The van der Waals surface area contributed by atoms with Gasteiger partial charge in [-0.3, -0.25) is 4.79 Å². The summed E-state index contributed by atoms with van der Waals surface area (Å²) >= 11 is 6.03. The monoisotopic (exact) mass is 428 g/mol. The summed E-state index contributed by atoms with van der Waals surface area (Å²) in [5.41, 5.74) is 7.78. The van der Waals surface area contributed by atoms with Crippen molar-refractivity contribution in [1.29, 1.82) is 0 Å². The number of aromatic nitrogens is 1. The molecule has 1 aliphatic rings. The van der Waals surface area contributed by atoms with Crippen LogP contribution in [-0.4, -0.2) is 27.8 Å². The van der Waals surface area contributed by atoms with Crippen molar-refractivity contribution in [2.24, 2.45) is 7.05 Å². The Kier molecular flexibility index (Phi) is 5.07. The minimum atomic E-state index is -0.130. The summed E-state index contributed by atoms with van der Waals surface area (Å²) in [6.45, 7) is 2.74. The molecule has 0 radical (unpaired) electrons. The molecule has 0 spiro atoms. The molecule has 4 aromatic rings. The highest BCUT2D eigenvalue weighted by Crippen LogP contribution is 2.46. The van der Waals surface area contributed by atoms with E-state index in [0.717, 1.165) is 28.8 Å². The Labute approximate surface area is 187 Å². The van der Waals surface area contributed by atoms with Gasteiger partial charge in [0.1, 0.15) is 0 Å². The fourth-order valence-corrected chi connectivity index (χ4v) is 5.02. The van der Waals surface area contributed by atoms with Crippen LogP contribution in [0, 0.1) is 6.92 Å². The summed E-state index contributed by atoms with van der Waals surface area (Å²) < 4.78 is 2.26. The lowest BCUT2D eigenvalue weighted by molar-refractivity contribution is 0.0751. The SMILES string of the molecule is Cc1ccc(-c2c(C3c4ccccc4C(=O)N3CCCCl)c3ccccc3n2C)cc1. The number of rotatable bonds is 5. The van der Waals surface area contributed by atoms with Crippen LogP contribution in [-0.2, 0) is 7.05 Å². The minimum Gasteiger partial charge on any atom is -0.343 e. The van der Waals surface area contributed by atoms with Crippen molar-refractivity contribution < 1.29 is 4.79 Å². The molecule has 156 valence electrons. The van der Waals surface area contributed by atoms with Gasteiger partial charge in [0.2, 0.25) is 0 Å². The van der Waals surface area contributed by atoms with Gasteiger partial charge in [-0.2, -0.15) is 0 Å². The number of carbonyl (C=O) groups is 1. The number of hydrogen-bond acceptors (Lipinski definition) is 1. The van der Waals surface area contributed by atoms with E-state index >= 15 is 0 Å². The molecule has 1 atom stereocenters. The molecule has 0 bridgehead atoms. The van der Waals surface area contributed by atoms with E-state index in [0.29, 0.717) is 12.4 Å². The van der Waals surface area contributed by atoms with E-state index in [9.17, 15) is 4.79 Å². The Bertz CT molecular complexity index is 1270. The largest absolute Gasteiger partial charge is 0.343 e. The van der Waals surface area contributed by atoms with Gasteiger partial charge in [-0.05, 0) is 36.6 Å². The lowest BCUT2D eigenvalue weighted by Gasteiger charge is -2.27. The molecule has 0 saturated carbocycles. The average molecular weight is 429 g/mol. The first-order valence-electron chi connectivity index (χ1n) is 10.7. The maximum atomic E-state index is 13.4. The summed E-state index contributed by atoms with van der Waals surface area (Å²) in [6.07, 6.45) is 0.766. The van der Waals surface area contributed by atoms with Gasteiger partial charge in [0.05, 0.1) is 11.7 Å². The molecular formula is C27H25ClN2O. The van der Waals surface area contributed by atoms with Gasteiger partial charge in [0.25, 0.3) is 5.91 Å². The third kappa shape index (κ3) is 3.16. The zero-order chi connectivity index (χ0) is 21.5. The minimum absolute atomic E-state index is 0.0912. The fraction of sp³-hybridized carbons (Fsp3) is 0.222. The van der Waals surface area contributed by atoms with Crippen molar-refractivity contribution >= 4 is 28.4 Å². The second-order valence-electron chi connectivity index (χ2n) is 8.24. The van der Waals surface area contributed by atoms with E-state index in [2.05, 4.69) is 73.1 Å². The molecule has 3 aromatic carbocycles. The van der Waals surface area contributed by atoms with Gasteiger partial charge in [-0.15, -0.1) is 11.6 Å². The molecule has 3 nitrogen and oxygen atoms in total. The zero-order valence-corrected chi connectivity index (χ0v) is 18.6. The van der Waals surface area contributed by atoms with Crippen molar-refractivity contribution in [2.75, 3.05) is 12.4 Å². The predicted octanol–water partition coefficient (Wildman–Crippen LogP) is 6.33. The van der Waals surface area contributed by atoms with Gasteiger partial charge in [0.15, 0.2) is 0 Å². The number of amides is 1. The molecule has 4 heteroatoms. The Morgan fingerprint density at radius 1 is 0.935 bits per heavy atom. The number of nitrogens with zero attached hydrogens (tertiary/aromatic N) is 2. The van der Waals surface area contributed by atoms with Crippen LogP contribution in [0.1, 0.15) is 39.5 Å². The quantitative estimate of drug-likeness (QED) is 0.341. The number of benzene rings is 3. The van der Waals surface area contributed by atoms with Crippen LogP contribution in [0.4, 0.5) is 0 Å². The topological polar surface area (TPSA) is 25.2 Å². The predicted molar refractivity (Wildman–Crippen MR) is 128 cm³/mol. The number of carbonyl (C=O) groups excluding carboxylic acids is 1. The van der Waals surface area contributed by atoms with Crippen LogP contribution in [0.2, 0.25) is 0 Å². The van der Waals surface area contributed by atoms with Crippen molar-refractivity contribution in [3.05, 3.63) is 95.1 Å². The maximum absolute atomic E-state index is 13.4. The summed E-state index contributed by atoms with van der Waals surface area (Å²) in [6, 6.07) is 25.0. The maximum Gasteiger partial charge on any atom is 0.255 e. The van der Waals surface area contributed by atoms with Crippen molar-refractivity contribution in [2.45, 2.75) is 19.4 Å². The van der Waals surface area contributed by atoms with E-state index in [1.54, 1.807) is 0 Å². The van der Waals surface area contributed by atoms with Crippen LogP contribution in [0.15, 0.2) is 72.8 Å². The van der Waals surface area contributed by atoms with E-state index in [1.807, 2.05) is 23.1 Å². The lowest BCUT2D eigenvalue weighted by atomic mass is 9.93. The number of aryl methyl sites for hydroxylation is 2. The molecule has 31 heavy (non-hydrogen) atoms. The van der Waals surface area contributed by atoms with Crippen LogP contribution in [0.5, 0.6) is 0 Å². The van der Waals surface area contributed by atoms with Crippen LogP contribution in [0.3, 0.4) is 0 Å². The van der Waals surface area contributed by atoms with Crippen LogP contribution >= 0.6 is 11.6 Å². The third-order valence-electron chi connectivity index (χ3n) is 6.34. The molecule has 1 aliphatic heterocycles. The molecule has 1 amide bonds. The first-order valence-corrected chi connectivity index (χ1v) is 11.3. The zero-order valence-electron chi connectivity index (χ0n) is 17.8. The van der Waals surface area contributed by atoms with Gasteiger partial charge >= 0.3 is 0 Å². The highest BCUT2D eigenvalue weighted by molar-refractivity contribution is 6.17. The summed E-state index contributed by atoms with van der Waals surface area (Å²) in [7, 11) is 2.12. The second-order valence-corrected chi connectivity index (χ2v) is 8.61. The normalized spacial score (nSPS) is 15.6. The molecule has 0 N–H and O–H groups in total. The average Bonchev–Trinajstić information content (AvgIpc) is 3.24. The lowest BCUT2D eigenvalue weighted by Crippen LogP contribution is -2.30. The summed E-state index contributed by atoms with van der Waals surface area (Å²) in [5, 5.41) is 1.19. The Morgan fingerprint density at radius 3 is 2.42 bits per heavy atom. The number of hydrogen-bond donors (Lipinski definition) is 0. The van der Waals surface area contributed by atoms with E-state index in [4.69, 9.17) is 11.6 Å². The number of fused-ring (bicyclic) bond motifs is 2. The van der Waals surface area contributed by atoms with E-state index < -0.39 is 0 Å². The van der Waals surface area contributed by atoms with Crippen LogP contribution < -0.4 is 0 Å². The molecule has 1 aromatic heterocycles. The smallest absolute Gasteiger partial charge is 0.255 e. The molecule has 2 heterocycles. The first-order chi connectivity index (χ1) is 15.1. The highest BCUT2D eigenvalue weighted by atomic mass is 35.5. The molecule has 5 rings (SSSR count). The van der Waals surface area contributed by atoms with E-state index in [-0.39, 0.29) is 11.9 Å². The Balaban J connectivity index is 1.82. The number of para-hydroxylation sites is 1. The first kappa shape index (κ1) is 19.9. The van der Waals surface area contributed by atoms with Gasteiger partial charge in [-0.1, -0.05) is 66.2 Å². The standard InChI is InChI=1S/C27H25ClN2O/c1-18-12-14-19(15-13-18)25-24(22-10-5-6-11-23(22)29(25)2)26-20-8-3-4-9-21(20)27(31)30(26)17-7-16-28/h3-6,8-15,26H,7,16-17H2,1-2H3. The van der Waals surface area contributed by atoms with Crippen LogP contribution in [0.25, 0.3) is 22.2 Å². The van der Waals surface area contributed by atoms with Gasteiger partial charge < -0.3 is 9.47 Å². The summed E-state index contributed by atoms with van der Waals surface area (Å²) in [4.78, 5) is 15.4. The van der Waals surface area contributed by atoms with Crippen molar-refractivity contribution in [3.63, 3.8) is 0 Å². The fourth-order valence-electron chi connectivity index (χ4n) is 4.90. The molecular weight excluding hydrogens is 404 g/mol. The Hall–Kier alpha value is -3.04. The Morgan fingerprint density at radius 2 is 1.65 bits per heavy atom. The molecule has 0 saturated heterocycles. The highest BCUT2D eigenvalue weighted by Gasteiger charge is 2.40. The number of alkyl halides is 1. The van der Waals surface area contributed by atoms with Gasteiger partial charge in [0, 0.05) is 41.5 Å². The van der Waals surface area contributed by atoms with Crippen molar-refractivity contribution in [3.8, 4) is 11.3 Å². The second kappa shape index (κ2) is 7.90. The molecule has 0 fully saturated rings.